The first-order valence-corrected chi connectivity index (χ1v) is 6.35. The SMILES string of the molecule is COc1cccc(-c2csc(C(=O)CCl)n2)c1. The lowest BCUT2D eigenvalue weighted by Gasteiger charge is -2.01. The fourth-order valence-corrected chi connectivity index (χ4v) is 2.35. The Balaban J connectivity index is 2.33. The number of Topliss-reactive ketones (excluding diaryl/α,β-unsaturated/α-hetero) is 1. The summed E-state index contributed by atoms with van der Waals surface area (Å²) in [6.45, 7) is 0. The number of carbonyl (C=O) groups is 1. The first-order chi connectivity index (χ1) is 8.24. The standard InChI is InChI=1S/C12H10ClNO2S/c1-16-9-4-2-3-8(5-9)10-7-17-12(14-10)11(15)6-13/h2-5,7H,6H2,1H3. The molecule has 0 aliphatic carbocycles. The van der Waals surface area contributed by atoms with Gasteiger partial charge in [-0.15, -0.1) is 22.9 Å². The van der Waals surface area contributed by atoms with Gasteiger partial charge < -0.3 is 4.74 Å². The molecule has 88 valence electrons. The summed E-state index contributed by atoms with van der Waals surface area (Å²) >= 11 is 6.79. The number of halogens is 1. The van der Waals surface area contributed by atoms with E-state index in [9.17, 15) is 4.79 Å². The Morgan fingerprint density at radius 3 is 3.06 bits per heavy atom. The summed E-state index contributed by atoms with van der Waals surface area (Å²) in [4.78, 5) is 15.6. The van der Waals surface area contributed by atoms with Crippen LogP contribution in [0.5, 0.6) is 5.75 Å². The number of carbonyl (C=O) groups excluding carboxylic acids is 1. The molecule has 0 amide bonds. The summed E-state index contributed by atoms with van der Waals surface area (Å²) in [5, 5.41) is 2.28. The van der Waals surface area contributed by atoms with E-state index in [2.05, 4.69) is 4.98 Å². The van der Waals surface area contributed by atoms with Gasteiger partial charge in [-0.25, -0.2) is 4.98 Å². The zero-order valence-electron chi connectivity index (χ0n) is 9.14. The quantitative estimate of drug-likeness (QED) is 0.631. The molecular weight excluding hydrogens is 258 g/mol. The lowest BCUT2D eigenvalue weighted by molar-refractivity contribution is 0.102. The average molecular weight is 268 g/mol. The van der Waals surface area contributed by atoms with Crippen LogP contribution in [-0.4, -0.2) is 23.8 Å². The lowest BCUT2D eigenvalue weighted by Crippen LogP contribution is -1.98. The van der Waals surface area contributed by atoms with Crippen molar-refractivity contribution in [1.29, 1.82) is 0 Å². The average Bonchev–Trinajstić information content (AvgIpc) is 2.87. The van der Waals surface area contributed by atoms with Crippen molar-refractivity contribution < 1.29 is 9.53 Å². The fourth-order valence-electron chi connectivity index (χ4n) is 1.37. The van der Waals surface area contributed by atoms with E-state index < -0.39 is 0 Å². The molecule has 0 aliphatic rings. The maximum Gasteiger partial charge on any atom is 0.206 e. The molecule has 3 nitrogen and oxygen atoms in total. The molecule has 0 unspecified atom stereocenters. The van der Waals surface area contributed by atoms with E-state index in [0.29, 0.717) is 5.01 Å². The highest BCUT2D eigenvalue weighted by atomic mass is 35.5. The highest BCUT2D eigenvalue weighted by Gasteiger charge is 2.11. The van der Waals surface area contributed by atoms with Crippen LogP contribution >= 0.6 is 22.9 Å². The Bertz CT molecular complexity index is 539. The molecule has 0 saturated carbocycles. The molecule has 1 aromatic heterocycles. The summed E-state index contributed by atoms with van der Waals surface area (Å²) in [6.07, 6.45) is 0. The number of nitrogens with zero attached hydrogens (tertiary/aromatic N) is 1. The Morgan fingerprint density at radius 1 is 1.53 bits per heavy atom. The van der Waals surface area contributed by atoms with Crippen LogP contribution in [0.1, 0.15) is 9.80 Å². The number of aromatic nitrogens is 1. The van der Waals surface area contributed by atoms with Crippen molar-refractivity contribution in [1.82, 2.24) is 4.98 Å². The van der Waals surface area contributed by atoms with Crippen LogP contribution in [0.2, 0.25) is 0 Å². The van der Waals surface area contributed by atoms with E-state index in [1.807, 2.05) is 29.6 Å². The van der Waals surface area contributed by atoms with Gasteiger partial charge in [0.05, 0.1) is 18.7 Å². The Morgan fingerprint density at radius 2 is 2.35 bits per heavy atom. The smallest absolute Gasteiger partial charge is 0.206 e. The third-order valence-electron chi connectivity index (χ3n) is 2.23. The molecule has 2 rings (SSSR count). The predicted molar refractivity (Wildman–Crippen MR) is 69.2 cm³/mol. The normalized spacial score (nSPS) is 10.2. The summed E-state index contributed by atoms with van der Waals surface area (Å²) in [5.74, 6) is 0.581. The maximum absolute atomic E-state index is 11.4. The molecule has 0 bridgehead atoms. The summed E-state index contributed by atoms with van der Waals surface area (Å²) in [5.41, 5.74) is 1.69. The van der Waals surface area contributed by atoms with Crippen molar-refractivity contribution >= 4 is 28.7 Å². The molecule has 17 heavy (non-hydrogen) atoms. The van der Waals surface area contributed by atoms with Gasteiger partial charge in [-0.3, -0.25) is 4.79 Å². The van der Waals surface area contributed by atoms with Gasteiger partial charge in [0.25, 0.3) is 0 Å². The molecular formula is C12H10ClNO2S. The zero-order valence-corrected chi connectivity index (χ0v) is 10.7. The largest absolute Gasteiger partial charge is 0.497 e. The molecule has 0 spiro atoms. The third kappa shape index (κ3) is 2.65. The van der Waals surface area contributed by atoms with Crippen LogP contribution in [0.4, 0.5) is 0 Å². The minimum Gasteiger partial charge on any atom is -0.497 e. The predicted octanol–water partition coefficient (Wildman–Crippen LogP) is 3.24. The molecule has 0 N–H and O–H groups in total. The third-order valence-corrected chi connectivity index (χ3v) is 3.36. The molecule has 2 aromatic rings. The number of rotatable bonds is 4. The first-order valence-electron chi connectivity index (χ1n) is 4.93. The Labute approximate surface area is 108 Å². The Kier molecular flexibility index (Phi) is 3.76. The first kappa shape index (κ1) is 12.1. The highest BCUT2D eigenvalue weighted by Crippen LogP contribution is 2.25. The van der Waals surface area contributed by atoms with Gasteiger partial charge in [-0.2, -0.15) is 0 Å². The van der Waals surface area contributed by atoms with Gasteiger partial charge in [0, 0.05) is 10.9 Å². The van der Waals surface area contributed by atoms with Gasteiger partial charge in [0.15, 0.2) is 5.01 Å². The molecule has 1 aromatic carbocycles. The highest BCUT2D eigenvalue weighted by molar-refractivity contribution is 7.12. The van der Waals surface area contributed by atoms with E-state index in [-0.39, 0.29) is 11.7 Å². The van der Waals surface area contributed by atoms with Crippen molar-refractivity contribution in [2.45, 2.75) is 0 Å². The van der Waals surface area contributed by atoms with Crippen LogP contribution in [0.3, 0.4) is 0 Å². The molecule has 0 aliphatic heterocycles. The minimum absolute atomic E-state index is 0.0366. The maximum atomic E-state index is 11.4. The van der Waals surface area contributed by atoms with Crippen molar-refractivity contribution in [3.05, 3.63) is 34.7 Å². The van der Waals surface area contributed by atoms with Gasteiger partial charge in [-0.05, 0) is 12.1 Å². The number of methoxy groups -OCH3 is 1. The molecule has 0 fully saturated rings. The van der Waals surface area contributed by atoms with Gasteiger partial charge in [0.2, 0.25) is 5.78 Å². The summed E-state index contributed by atoms with van der Waals surface area (Å²) in [7, 11) is 1.61. The molecule has 5 heteroatoms. The van der Waals surface area contributed by atoms with E-state index >= 15 is 0 Å². The summed E-state index contributed by atoms with van der Waals surface area (Å²) in [6, 6.07) is 7.55. The van der Waals surface area contributed by atoms with Crippen LogP contribution in [0.15, 0.2) is 29.6 Å². The topological polar surface area (TPSA) is 39.2 Å². The second-order valence-electron chi connectivity index (χ2n) is 3.33. The number of benzene rings is 1. The van der Waals surface area contributed by atoms with Gasteiger partial charge in [0.1, 0.15) is 5.75 Å². The van der Waals surface area contributed by atoms with E-state index in [1.54, 1.807) is 7.11 Å². The van der Waals surface area contributed by atoms with Crippen molar-refractivity contribution in [3.8, 4) is 17.0 Å². The summed E-state index contributed by atoms with van der Waals surface area (Å²) < 4.78 is 5.14. The second kappa shape index (κ2) is 5.29. The number of alkyl halides is 1. The number of thiazole rings is 1. The van der Waals surface area contributed by atoms with E-state index in [0.717, 1.165) is 17.0 Å². The number of ketones is 1. The van der Waals surface area contributed by atoms with Crippen LogP contribution < -0.4 is 4.74 Å². The van der Waals surface area contributed by atoms with Crippen LogP contribution in [-0.2, 0) is 0 Å². The van der Waals surface area contributed by atoms with Gasteiger partial charge >= 0.3 is 0 Å². The van der Waals surface area contributed by atoms with Crippen molar-refractivity contribution in [2.75, 3.05) is 13.0 Å². The Hall–Kier alpha value is -1.39. The van der Waals surface area contributed by atoms with Crippen molar-refractivity contribution in [3.63, 3.8) is 0 Å². The number of ether oxygens (including phenoxy) is 1. The molecule has 0 radical (unpaired) electrons. The second-order valence-corrected chi connectivity index (χ2v) is 4.45. The number of hydrogen-bond acceptors (Lipinski definition) is 4. The monoisotopic (exact) mass is 267 g/mol. The minimum atomic E-state index is -0.147. The fraction of sp³-hybridized carbons (Fsp3) is 0.167. The van der Waals surface area contributed by atoms with Crippen LogP contribution in [0, 0.1) is 0 Å². The van der Waals surface area contributed by atoms with Crippen molar-refractivity contribution in [2.24, 2.45) is 0 Å². The lowest BCUT2D eigenvalue weighted by atomic mass is 10.2. The molecule has 1 heterocycles. The molecule has 0 atom stereocenters. The molecule has 0 saturated heterocycles. The van der Waals surface area contributed by atoms with E-state index in [1.165, 1.54) is 11.3 Å². The van der Waals surface area contributed by atoms with Crippen LogP contribution in [0.25, 0.3) is 11.3 Å². The number of hydrogen-bond donors (Lipinski definition) is 0. The zero-order chi connectivity index (χ0) is 12.3. The van der Waals surface area contributed by atoms with Gasteiger partial charge in [-0.1, -0.05) is 12.1 Å². The van der Waals surface area contributed by atoms with E-state index in [4.69, 9.17) is 16.3 Å².